The largest absolute Gasteiger partial charge is 0.490 e. The SMILES string of the molecule is CCOc1cc(C(=O)Nc2ccccc2C(=O)N2CCN(c3ccccc3)CC2)cc(OCC)c1OCC. The van der Waals surface area contributed by atoms with Crippen LogP contribution >= 0.6 is 0 Å². The molecule has 1 saturated heterocycles. The molecule has 0 aliphatic carbocycles. The van der Waals surface area contributed by atoms with Gasteiger partial charge in [0.1, 0.15) is 0 Å². The Morgan fingerprint density at radius 2 is 1.34 bits per heavy atom. The van der Waals surface area contributed by atoms with Gasteiger partial charge in [0.05, 0.1) is 31.1 Å². The van der Waals surface area contributed by atoms with E-state index in [1.807, 2.05) is 43.9 Å². The summed E-state index contributed by atoms with van der Waals surface area (Å²) >= 11 is 0. The Morgan fingerprint density at radius 3 is 1.95 bits per heavy atom. The average Bonchev–Trinajstić information content (AvgIpc) is 2.95. The van der Waals surface area contributed by atoms with E-state index in [9.17, 15) is 9.59 Å². The van der Waals surface area contributed by atoms with Crippen molar-refractivity contribution in [2.75, 3.05) is 56.2 Å². The maximum Gasteiger partial charge on any atom is 0.256 e. The second-order valence-corrected chi connectivity index (χ2v) is 8.72. The summed E-state index contributed by atoms with van der Waals surface area (Å²) in [4.78, 5) is 30.9. The van der Waals surface area contributed by atoms with Gasteiger partial charge in [-0.3, -0.25) is 9.59 Å². The van der Waals surface area contributed by atoms with Crippen molar-refractivity contribution in [3.05, 3.63) is 77.9 Å². The molecule has 1 heterocycles. The molecule has 0 bridgehead atoms. The highest BCUT2D eigenvalue weighted by molar-refractivity contribution is 6.09. The van der Waals surface area contributed by atoms with Gasteiger partial charge in [0.25, 0.3) is 11.8 Å². The summed E-state index contributed by atoms with van der Waals surface area (Å²) in [6.45, 7) is 9.55. The lowest BCUT2D eigenvalue weighted by Gasteiger charge is -2.36. The molecular weight excluding hydrogens is 482 g/mol. The van der Waals surface area contributed by atoms with Crippen LogP contribution in [0.5, 0.6) is 17.2 Å². The van der Waals surface area contributed by atoms with Gasteiger partial charge < -0.3 is 29.3 Å². The van der Waals surface area contributed by atoms with Crippen molar-refractivity contribution in [1.29, 1.82) is 0 Å². The third-order valence-electron chi connectivity index (χ3n) is 6.27. The number of hydrogen-bond acceptors (Lipinski definition) is 6. The first-order valence-corrected chi connectivity index (χ1v) is 13.1. The molecule has 1 aliphatic heterocycles. The summed E-state index contributed by atoms with van der Waals surface area (Å²) in [6, 6.07) is 20.6. The number of nitrogens with zero attached hydrogens (tertiary/aromatic N) is 2. The molecule has 3 aromatic rings. The molecule has 2 amide bonds. The Labute approximate surface area is 224 Å². The highest BCUT2D eigenvalue weighted by Gasteiger charge is 2.25. The number of ether oxygens (including phenoxy) is 3. The molecule has 3 aromatic carbocycles. The maximum atomic E-state index is 13.5. The van der Waals surface area contributed by atoms with Gasteiger partial charge in [-0.25, -0.2) is 0 Å². The Bertz CT molecular complexity index is 1210. The summed E-state index contributed by atoms with van der Waals surface area (Å²) in [7, 11) is 0. The molecule has 4 rings (SSSR count). The minimum atomic E-state index is -0.371. The van der Waals surface area contributed by atoms with E-state index < -0.39 is 0 Å². The lowest BCUT2D eigenvalue weighted by Crippen LogP contribution is -2.48. The predicted octanol–water partition coefficient (Wildman–Crippen LogP) is 5.10. The third-order valence-corrected chi connectivity index (χ3v) is 6.27. The Hall–Kier alpha value is -4.20. The van der Waals surface area contributed by atoms with Crippen LogP contribution in [0.3, 0.4) is 0 Å². The molecule has 0 atom stereocenters. The van der Waals surface area contributed by atoms with Crippen LogP contribution in [0, 0.1) is 0 Å². The van der Waals surface area contributed by atoms with Gasteiger partial charge >= 0.3 is 0 Å². The first kappa shape index (κ1) is 26.9. The summed E-state index contributed by atoms with van der Waals surface area (Å²) in [6.07, 6.45) is 0. The standard InChI is InChI=1S/C30H35N3O5/c1-4-36-26-20-22(21-27(37-5-2)28(26)38-6-3)29(34)31-25-15-11-10-14-24(25)30(35)33-18-16-32(17-19-33)23-12-8-7-9-13-23/h7-15,20-21H,4-6,16-19H2,1-3H3,(H,31,34). The van der Waals surface area contributed by atoms with E-state index in [1.165, 1.54) is 0 Å². The number of benzene rings is 3. The molecule has 1 N–H and O–H groups in total. The summed E-state index contributed by atoms with van der Waals surface area (Å²) in [5, 5.41) is 2.92. The number of anilines is 2. The number of nitrogens with one attached hydrogen (secondary N) is 1. The smallest absolute Gasteiger partial charge is 0.256 e. The molecule has 0 unspecified atom stereocenters. The van der Waals surface area contributed by atoms with Gasteiger partial charge in [0, 0.05) is 37.4 Å². The van der Waals surface area contributed by atoms with Crippen molar-refractivity contribution in [2.24, 2.45) is 0 Å². The third kappa shape index (κ3) is 6.19. The van der Waals surface area contributed by atoms with Crippen LogP contribution in [0.15, 0.2) is 66.7 Å². The first-order valence-electron chi connectivity index (χ1n) is 13.1. The van der Waals surface area contributed by atoms with E-state index in [0.29, 0.717) is 67.0 Å². The molecule has 0 aromatic heterocycles. The molecular formula is C30H35N3O5. The van der Waals surface area contributed by atoms with E-state index in [0.717, 1.165) is 18.8 Å². The van der Waals surface area contributed by atoms with Crippen molar-refractivity contribution in [2.45, 2.75) is 20.8 Å². The van der Waals surface area contributed by atoms with Crippen LogP contribution in [0.2, 0.25) is 0 Å². The molecule has 1 fully saturated rings. The highest BCUT2D eigenvalue weighted by Crippen LogP contribution is 2.39. The van der Waals surface area contributed by atoms with Crippen LogP contribution in [-0.2, 0) is 0 Å². The number of hydrogen-bond donors (Lipinski definition) is 1. The molecule has 8 heteroatoms. The Kier molecular flexibility index (Phi) is 9.08. The molecule has 0 radical (unpaired) electrons. The van der Waals surface area contributed by atoms with Crippen LogP contribution < -0.4 is 24.4 Å². The van der Waals surface area contributed by atoms with Gasteiger partial charge in [-0.15, -0.1) is 0 Å². The zero-order valence-corrected chi connectivity index (χ0v) is 22.2. The topological polar surface area (TPSA) is 80.3 Å². The van der Waals surface area contributed by atoms with Gasteiger partial charge in [-0.2, -0.15) is 0 Å². The molecule has 200 valence electrons. The quantitative estimate of drug-likeness (QED) is 0.403. The lowest BCUT2D eigenvalue weighted by molar-refractivity contribution is 0.0748. The van der Waals surface area contributed by atoms with Gasteiger partial charge in [0.15, 0.2) is 11.5 Å². The van der Waals surface area contributed by atoms with Crippen molar-refractivity contribution < 1.29 is 23.8 Å². The maximum absolute atomic E-state index is 13.5. The van der Waals surface area contributed by atoms with E-state index in [-0.39, 0.29) is 11.8 Å². The minimum Gasteiger partial charge on any atom is -0.490 e. The van der Waals surface area contributed by atoms with Crippen molar-refractivity contribution in [1.82, 2.24) is 4.90 Å². The van der Waals surface area contributed by atoms with E-state index in [1.54, 1.807) is 36.4 Å². The fourth-order valence-corrected chi connectivity index (χ4v) is 4.47. The van der Waals surface area contributed by atoms with Crippen molar-refractivity contribution >= 4 is 23.2 Å². The normalized spacial score (nSPS) is 13.1. The molecule has 38 heavy (non-hydrogen) atoms. The zero-order valence-electron chi connectivity index (χ0n) is 22.2. The lowest BCUT2D eigenvalue weighted by atomic mass is 10.1. The fraction of sp³-hybridized carbons (Fsp3) is 0.333. The molecule has 1 aliphatic rings. The number of amides is 2. The molecule has 0 spiro atoms. The van der Waals surface area contributed by atoms with Crippen LogP contribution in [0.4, 0.5) is 11.4 Å². The Balaban J connectivity index is 1.52. The summed E-state index contributed by atoms with van der Waals surface area (Å²) in [5.74, 6) is 0.865. The molecule has 8 nitrogen and oxygen atoms in total. The number of carbonyl (C=O) groups is 2. The van der Waals surface area contributed by atoms with Gasteiger partial charge in [-0.05, 0) is 57.2 Å². The number of carbonyl (C=O) groups excluding carboxylic acids is 2. The fourth-order valence-electron chi connectivity index (χ4n) is 4.47. The predicted molar refractivity (Wildman–Crippen MR) is 149 cm³/mol. The van der Waals surface area contributed by atoms with Crippen LogP contribution in [-0.4, -0.2) is 62.7 Å². The summed E-state index contributed by atoms with van der Waals surface area (Å²) in [5.41, 5.74) is 2.41. The van der Waals surface area contributed by atoms with Crippen molar-refractivity contribution in [3.8, 4) is 17.2 Å². The van der Waals surface area contributed by atoms with E-state index in [2.05, 4.69) is 22.3 Å². The number of piperazine rings is 1. The van der Waals surface area contributed by atoms with Crippen molar-refractivity contribution in [3.63, 3.8) is 0 Å². The summed E-state index contributed by atoms with van der Waals surface area (Å²) < 4.78 is 17.2. The minimum absolute atomic E-state index is 0.106. The first-order chi connectivity index (χ1) is 18.5. The monoisotopic (exact) mass is 517 g/mol. The van der Waals surface area contributed by atoms with Gasteiger partial charge in [-0.1, -0.05) is 30.3 Å². The van der Waals surface area contributed by atoms with Crippen LogP contribution in [0.25, 0.3) is 0 Å². The number of rotatable bonds is 10. The second kappa shape index (κ2) is 12.9. The van der Waals surface area contributed by atoms with Gasteiger partial charge in [0.2, 0.25) is 5.75 Å². The van der Waals surface area contributed by atoms with Crippen LogP contribution in [0.1, 0.15) is 41.5 Å². The highest BCUT2D eigenvalue weighted by atomic mass is 16.5. The molecule has 0 saturated carbocycles. The second-order valence-electron chi connectivity index (χ2n) is 8.72. The van der Waals surface area contributed by atoms with E-state index >= 15 is 0 Å². The van der Waals surface area contributed by atoms with E-state index in [4.69, 9.17) is 14.2 Å². The zero-order chi connectivity index (χ0) is 26.9. The number of para-hydroxylation sites is 2. The Morgan fingerprint density at radius 1 is 0.763 bits per heavy atom. The average molecular weight is 518 g/mol.